The zero-order chi connectivity index (χ0) is 16.2. The van der Waals surface area contributed by atoms with Crippen molar-refractivity contribution in [3.63, 3.8) is 0 Å². The third-order valence-electron chi connectivity index (χ3n) is 3.53. The molecule has 1 saturated heterocycles. The summed E-state index contributed by atoms with van der Waals surface area (Å²) >= 11 is 11.8. The largest absolute Gasteiger partial charge is 0.341 e. The summed E-state index contributed by atoms with van der Waals surface area (Å²) in [5.74, 6) is 0.0764. The van der Waals surface area contributed by atoms with E-state index in [0.29, 0.717) is 19.5 Å². The number of nitrogens with zero attached hydrogens (tertiary/aromatic N) is 1. The Kier molecular flexibility index (Phi) is 6.09. The molecule has 1 amide bonds. The maximum Gasteiger partial charge on any atom is 0.243 e. The van der Waals surface area contributed by atoms with Crippen molar-refractivity contribution >= 4 is 39.1 Å². The van der Waals surface area contributed by atoms with Crippen LogP contribution in [0.3, 0.4) is 0 Å². The van der Waals surface area contributed by atoms with Crippen LogP contribution in [-0.2, 0) is 14.8 Å². The molecule has 0 unspecified atom stereocenters. The monoisotopic (exact) mass is 364 g/mol. The molecule has 8 heteroatoms. The summed E-state index contributed by atoms with van der Waals surface area (Å²) in [6, 6.07) is 4.53. The van der Waals surface area contributed by atoms with E-state index in [0.717, 1.165) is 19.3 Å². The molecule has 1 aromatic carbocycles. The Morgan fingerprint density at radius 3 is 2.50 bits per heavy atom. The van der Waals surface area contributed by atoms with E-state index in [1.165, 1.54) is 12.1 Å². The van der Waals surface area contributed by atoms with Gasteiger partial charge in [-0.1, -0.05) is 35.7 Å². The first-order valence-corrected chi connectivity index (χ1v) is 9.37. The van der Waals surface area contributed by atoms with Crippen LogP contribution >= 0.6 is 23.2 Å². The Bertz CT molecular complexity index is 629. The molecule has 5 nitrogen and oxygen atoms in total. The van der Waals surface area contributed by atoms with Crippen molar-refractivity contribution < 1.29 is 13.2 Å². The number of benzene rings is 1. The van der Waals surface area contributed by atoms with Crippen molar-refractivity contribution in [2.45, 2.75) is 30.6 Å². The van der Waals surface area contributed by atoms with Crippen molar-refractivity contribution in [2.24, 2.45) is 0 Å². The maximum atomic E-state index is 12.3. The van der Waals surface area contributed by atoms with Crippen LogP contribution in [0.4, 0.5) is 0 Å². The zero-order valence-corrected chi connectivity index (χ0v) is 14.3. The molecule has 0 bridgehead atoms. The van der Waals surface area contributed by atoms with Gasteiger partial charge in [-0.15, -0.1) is 0 Å². The summed E-state index contributed by atoms with van der Waals surface area (Å²) in [6.07, 6.45) is 3.41. The quantitative estimate of drug-likeness (QED) is 0.873. The van der Waals surface area contributed by atoms with E-state index in [1.54, 1.807) is 11.0 Å². The van der Waals surface area contributed by atoms with Crippen molar-refractivity contribution in [1.29, 1.82) is 0 Å². The molecule has 1 heterocycles. The van der Waals surface area contributed by atoms with Crippen LogP contribution in [0.25, 0.3) is 0 Å². The summed E-state index contributed by atoms with van der Waals surface area (Å²) in [7, 11) is -3.80. The predicted molar refractivity (Wildman–Crippen MR) is 86.7 cm³/mol. The van der Waals surface area contributed by atoms with Gasteiger partial charge in [0.05, 0.1) is 10.0 Å². The Morgan fingerprint density at radius 2 is 1.82 bits per heavy atom. The molecule has 0 aliphatic carbocycles. The van der Waals surface area contributed by atoms with E-state index in [4.69, 9.17) is 23.2 Å². The zero-order valence-electron chi connectivity index (χ0n) is 12.0. The smallest absolute Gasteiger partial charge is 0.243 e. The van der Waals surface area contributed by atoms with E-state index in [9.17, 15) is 13.2 Å². The van der Waals surface area contributed by atoms with Gasteiger partial charge in [-0.05, 0) is 25.0 Å². The first kappa shape index (κ1) is 17.5. The first-order valence-electron chi connectivity index (χ1n) is 7.13. The Hall–Kier alpha value is -0.820. The molecule has 1 N–H and O–H groups in total. The van der Waals surface area contributed by atoms with Gasteiger partial charge in [0.15, 0.2) is 0 Å². The summed E-state index contributed by atoms with van der Waals surface area (Å²) < 4.78 is 27.0. The lowest BCUT2D eigenvalue weighted by Crippen LogP contribution is -2.38. The van der Waals surface area contributed by atoms with Gasteiger partial charge in [-0.25, -0.2) is 13.1 Å². The van der Waals surface area contributed by atoms with Gasteiger partial charge in [0.1, 0.15) is 4.90 Å². The van der Waals surface area contributed by atoms with Crippen LogP contribution < -0.4 is 4.72 Å². The van der Waals surface area contributed by atoms with Gasteiger partial charge in [-0.3, -0.25) is 4.79 Å². The normalized spacial score (nSPS) is 16.6. The maximum absolute atomic E-state index is 12.3. The molecule has 0 spiro atoms. The fourth-order valence-electron chi connectivity index (χ4n) is 2.40. The fourth-order valence-corrected chi connectivity index (χ4v) is 4.56. The molecule has 0 radical (unpaired) electrons. The van der Waals surface area contributed by atoms with Gasteiger partial charge >= 0.3 is 0 Å². The number of rotatable bonds is 5. The Balaban J connectivity index is 2.00. The number of sulfonamides is 1. The van der Waals surface area contributed by atoms with Crippen LogP contribution in [-0.4, -0.2) is 38.9 Å². The highest BCUT2D eigenvalue weighted by molar-refractivity contribution is 7.89. The number of nitrogens with one attached hydrogen (secondary N) is 1. The van der Waals surface area contributed by atoms with Crippen LogP contribution in [0, 0.1) is 0 Å². The minimum Gasteiger partial charge on any atom is -0.341 e. The Labute approximate surface area is 140 Å². The SMILES string of the molecule is O=C1CCCCCN1CCNS(=O)(=O)c1c(Cl)cccc1Cl. The van der Waals surface area contributed by atoms with Gasteiger partial charge in [0, 0.05) is 26.1 Å². The molecule has 1 aromatic rings. The number of likely N-dealkylation sites (tertiary alicyclic amines) is 1. The van der Waals surface area contributed by atoms with E-state index < -0.39 is 10.0 Å². The molecule has 122 valence electrons. The molecule has 0 atom stereocenters. The van der Waals surface area contributed by atoms with Crippen molar-refractivity contribution in [2.75, 3.05) is 19.6 Å². The van der Waals surface area contributed by atoms with E-state index >= 15 is 0 Å². The summed E-state index contributed by atoms with van der Waals surface area (Å²) in [6.45, 7) is 1.16. The lowest BCUT2D eigenvalue weighted by molar-refractivity contribution is -0.130. The summed E-state index contributed by atoms with van der Waals surface area (Å²) in [4.78, 5) is 13.4. The highest BCUT2D eigenvalue weighted by atomic mass is 35.5. The van der Waals surface area contributed by atoms with E-state index in [1.807, 2.05) is 0 Å². The Morgan fingerprint density at radius 1 is 1.14 bits per heavy atom. The molecular weight excluding hydrogens is 347 g/mol. The fraction of sp³-hybridized carbons (Fsp3) is 0.500. The van der Waals surface area contributed by atoms with Crippen LogP contribution in [0.1, 0.15) is 25.7 Å². The minimum absolute atomic E-state index is 0.0749. The van der Waals surface area contributed by atoms with Gasteiger partial charge in [-0.2, -0.15) is 0 Å². The highest BCUT2D eigenvalue weighted by Crippen LogP contribution is 2.28. The van der Waals surface area contributed by atoms with Crippen LogP contribution in [0.5, 0.6) is 0 Å². The number of hydrogen-bond donors (Lipinski definition) is 1. The number of carbonyl (C=O) groups is 1. The van der Waals surface area contributed by atoms with E-state index in [2.05, 4.69) is 4.72 Å². The molecule has 0 aromatic heterocycles. The molecule has 2 rings (SSSR count). The standard InChI is InChI=1S/C14H18Cl2N2O3S/c15-11-5-4-6-12(16)14(11)22(20,21)17-8-10-18-9-3-1-2-7-13(18)19/h4-6,17H,1-3,7-10H2. The number of amides is 1. The van der Waals surface area contributed by atoms with Gasteiger partial charge in [0.25, 0.3) is 0 Å². The first-order chi connectivity index (χ1) is 10.4. The van der Waals surface area contributed by atoms with Crippen LogP contribution in [0.15, 0.2) is 23.1 Å². The van der Waals surface area contributed by atoms with Crippen molar-refractivity contribution in [3.8, 4) is 0 Å². The highest BCUT2D eigenvalue weighted by Gasteiger charge is 2.22. The average Bonchev–Trinajstić information content (AvgIpc) is 2.63. The molecule has 1 fully saturated rings. The van der Waals surface area contributed by atoms with E-state index in [-0.39, 0.29) is 27.4 Å². The summed E-state index contributed by atoms with van der Waals surface area (Å²) in [5.41, 5.74) is 0. The predicted octanol–water partition coefficient (Wildman–Crippen LogP) is 2.67. The topological polar surface area (TPSA) is 66.5 Å². The third-order valence-corrected chi connectivity index (χ3v) is 5.95. The van der Waals surface area contributed by atoms with Gasteiger partial charge in [0.2, 0.25) is 15.9 Å². The number of carbonyl (C=O) groups excluding carboxylic acids is 1. The average molecular weight is 365 g/mol. The molecule has 22 heavy (non-hydrogen) atoms. The minimum atomic E-state index is -3.80. The van der Waals surface area contributed by atoms with Crippen molar-refractivity contribution in [1.82, 2.24) is 9.62 Å². The number of hydrogen-bond acceptors (Lipinski definition) is 3. The van der Waals surface area contributed by atoms with Gasteiger partial charge < -0.3 is 4.90 Å². The summed E-state index contributed by atoms with van der Waals surface area (Å²) in [5, 5.41) is 0.150. The third kappa shape index (κ3) is 4.35. The number of halogens is 2. The molecular formula is C14H18Cl2N2O3S. The molecule has 0 saturated carbocycles. The second kappa shape index (κ2) is 7.64. The lowest BCUT2D eigenvalue weighted by Gasteiger charge is -2.20. The van der Waals surface area contributed by atoms with Crippen LogP contribution in [0.2, 0.25) is 10.0 Å². The second-order valence-corrected chi connectivity index (χ2v) is 7.66. The molecule has 1 aliphatic heterocycles. The molecule has 1 aliphatic rings. The second-order valence-electron chi connectivity index (χ2n) is 5.14. The lowest BCUT2D eigenvalue weighted by atomic mass is 10.2. The van der Waals surface area contributed by atoms with Crippen molar-refractivity contribution in [3.05, 3.63) is 28.2 Å².